The predicted molar refractivity (Wildman–Crippen MR) is 119 cm³/mol. The number of benzene rings is 3. The van der Waals surface area contributed by atoms with Gasteiger partial charge in [-0.1, -0.05) is 12.1 Å². The standard InChI is InChI=1S/C23H21F3N2O4S/c1-15-10-16(2)12-19(11-15)28-33(30,31)21-8-6-20(7-9-21)32-14-22(29)27-18-5-3-4-17(13-18)23(24,25)26/h3-13,28H,14H2,1-2H3,(H,27,29). The molecule has 0 saturated heterocycles. The third kappa shape index (κ3) is 6.72. The van der Waals surface area contributed by atoms with Gasteiger partial charge in [0.05, 0.1) is 10.5 Å². The van der Waals surface area contributed by atoms with Crippen LogP contribution in [0.5, 0.6) is 5.75 Å². The highest BCUT2D eigenvalue weighted by molar-refractivity contribution is 7.92. The Morgan fingerprint density at radius 1 is 0.909 bits per heavy atom. The first-order valence-corrected chi connectivity index (χ1v) is 11.2. The van der Waals surface area contributed by atoms with Crippen LogP contribution in [0.2, 0.25) is 0 Å². The Morgan fingerprint density at radius 2 is 1.55 bits per heavy atom. The first-order chi connectivity index (χ1) is 15.4. The minimum atomic E-state index is -4.52. The first kappa shape index (κ1) is 24.1. The summed E-state index contributed by atoms with van der Waals surface area (Å²) in [5.41, 5.74) is 1.38. The molecule has 3 rings (SSSR count). The van der Waals surface area contributed by atoms with Crippen LogP contribution in [0.15, 0.2) is 71.6 Å². The Bertz CT molecular complexity index is 1240. The lowest BCUT2D eigenvalue weighted by Crippen LogP contribution is -2.20. The van der Waals surface area contributed by atoms with Crippen LogP contribution < -0.4 is 14.8 Å². The Kier molecular flexibility index (Phi) is 6.97. The first-order valence-electron chi connectivity index (χ1n) is 9.73. The number of alkyl halides is 3. The zero-order valence-electron chi connectivity index (χ0n) is 17.7. The molecule has 2 N–H and O–H groups in total. The topological polar surface area (TPSA) is 84.5 Å². The molecular formula is C23H21F3N2O4S. The van der Waals surface area contributed by atoms with Gasteiger partial charge in [-0.3, -0.25) is 9.52 Å². The maximum Gasteiger partial charge on any atom is 0.416 e. The molecule has 0 bridgehead atoms. The van der Waals surface area contributed by atoms with Crippen LogP contribution >= 0.6 is 0 Å². The quantitative estimate of drug-likeness (QED) is 0.493. The van der Waals surface area contributed by atoms with E-state index >= 15 is 0 Å². The summed E-state index contributed by atoms with van der Waals surface area (Å²) in [4.78, 5) is 12.0. The maximum atomic E-state index is 12.8. The fraction of sp³-hybridized carbons (Fsp3) is 0.174. The van der Waals surface area contributed by atoms with Gasteiger partial charge in [0.1, 0.15) is 5.75 Å². The molecule has 1 amide bonds. The molecule has 0 aliphatic heterocycles. The molecule has 0 aliphatic rings. The number of halogens is 3. The van der Waals surface area contributed by atoms with E-state index < -0.39 is 34.3 Å². The van der Waals surface area contributed by atoms with Gasteiger partial charge in [0.2, 0.25) is 0 Å². The van der Waals surface area contributed by atoms with Crippen molar-refractivity contribution in [3.05, 3.63) is 83.4 Å². The summed E-state index contributed by atoms with van der Waals surface area (Å²) in [6.45, 7) is 3.25. The number of nitrogens with one attached hydrogen (secondary N) is 2. The summed E-state index contributed by atoms with van der Waals surface area (Å²) in [6, 6.07) is 15.0. The van der Waals surface area contributed by atoms with E-state index in [0.717, 1.165) is 23.3 Å². The normalized spacial score (nSPS) is 11.7. The highest BCUT2D eigenvalue weighted by Crippen LogP contribution is 2.30. The lowest BCUT2D eigenvalue weighted by atomic mass is 10.1. The van der Waals surface area contributed by atoms with Gasteiger partial charge in [0.15, 0.2) is 6.61 Å². The number of ether oxygens (including phenoxy) is 1. The highest BCUT2D eigenvalue weighted by Gasteiger charge is 2.30. The van der Waals surface area contributed by atoms with E-state index in [1.165, 1.54) is 36.4 Å². The Morgan fingerprint density at radius 3 is 2.15 bits per heavy atom. The largest absolute Gasteiger partial charge is 0.484 e. The molecule has 3 aromatic carbocycles. The summed E-state index contributed by atoms with van der Waals surface area (Å²) in [6.07, 6.45) is -4.52. The van der Waals surface area contributed by atoms with Gasteiger partial charge >= 0.3 is 6.18 Å². The van der Waals surface area contributed by atoms with Crippen molar-refractivity contribution < 1.29 is 31.1 Å². The van der Waals surface area contributed by atoms with E-state index in [-0.39, 0.29) is 16.3 Å². The molecule has 0 heterocycles. The molecule has 0 radical (unpaired) electrons. The van der Waals surface area contributed by atoms with Gasteiger partial charge in [-0.25, -0.2) is 8.42 Å². The van der Waals surface area contributed by atoms with E-state index in [4.69, 9.17) is 4.74 Å². The van der Waals surface area contributed by atoms with Crippen LogP contribution in [0, 0.1) is 13.8 Å². The minimum absolute atomic E-state index is 0.00225. The number of amides is 1. The van der Waals surface area contributed by atoms with Gasteiger partial charge in [0.25, 0.3) is 15.9 Å². The van der Waals surface area contributed by atoms with Crippen molar-refractivity contribution in [1.29, 1.82) is 0 Å². The second kappa shape index (κ2) is 9.53. The average Bonchev–Trinajstić information content (AvgIpc) is 2.71. The summed E-state index contributed by atoms with van der Waals surface area (Å²) in [5.74, 6) is -0.443. The molecule has 0 saturated carbocycles. The Balaban J connectivity index is 1.59. The van der Waals surface area contributed by atoms with Crippen molar-refractivity contribution in [3.63, 3.8) is 0 Å². The smallest absolute Gasteiger partial charge is 0.416 e. The highest BCUT2D eigenvalue weighted by atomic mass is 32.2. The van der Waals surface area contributed by atoms with Crippen LogP contribution in [0.1, 0.15) is 16.7 Å². The SMILES string of the molecule is Cc1cc(C)cc(NS(=O)(=O)c2ccc(OCC(=O)Nc3cccc(C(F)(F)F)c3)cc2)c1. The molecular weight excluding hydrogens is 457 g/mol. The van der Waals surface area contributed by atoms with E-state index in [0.29, 0.717) is 5.69 Å². The number of anilines is 2. The van der Waals surface area contributed by atoms with Crippen LogP contribution in [-0.4, -0.2) is 20.9 Å². The molecule has 10 heteroatoms. The Hall–Kier alpha value is -3.53. The molecule has 174 valence electrons. The predicted octanol–water partition coefficient (Wildman–Crippen LogP) is 5.14. The Labute approximate surface area is 189 Å². The zero-order chi connectivity index (χ0) is 24.2. The van der Waals surface area contributed by atoms with E-state index in [9.17, 15) is 26.4 Å². The number of carbonyl (C=O) groups is 1. The third-order valence-electron chi connectivity index (χ3n) is 4.45. The van der Waals surface area contributed by atoms with Crippen molar-refractivity contribution in [2.24, 2.45) is 0 Å². The number of sulfonamides is 1. The molecule has 0 unspecified atom stereocenters. The van der Waals surface area contributed by atoms with Crippen LogP contribution in [0.25, 0.3) is 0 Å². The maximum absolute atomic E-state index is 12.8. The van der Waals surface area contributed by atoms with Crippen molar-refractivity contribution >= 4 is 27.3 Å². The number of hydrogen-bond acceptors (Lipinski definition) is 4. The van der Waals surface area contributed by atoms with Gasteiger partial charge in [-0.2, -0.15) is 13.2 Å². The molecule has 6 nitrogen and oxygen atoms in total. The van der Waals surface area contributed by atoms with Gasteiger partial charge in [-0.05, 0) is 79.6 Å². The second-order valence-electron chi connectivity index (χ2n) is 7.37. The van der Waals surface area contributed by atoms with E-state index in [1.807, 2.05) is 19.9 Å². The summed E-state index contributed by atoms with van der Waals surface area (Å²) in [7, 11) is -3.83. The van der Waals surface area contributed by atoms with Gasteiger partial charge in [0, 0.05) is 11.4 Å². The molecule has 3 aromatic rings. The van der Waals surface area contributed by atoms with Crippen LogP contribution in [-0.2, 0) is 21.0 Å². The lowest BCUT2D eigenvalue weighted by molar-refractivity contribution is -0.137. The monoisotopic (exact) mass is 478 g/mol. The van der Waals surface area contributed by atoms with Crippen molar-refractivity contribution in [2.45, 2.75) is 24.9 Å². The van der Waals surface area contributed by atoms with E-state index in [1.54, 1.807) is 12.1 Å². The number of aryl methyl sites for hydroxylation is 2. The fourth-order valence-corrected chi connectivity index (χ4v) is 4.12. The average molecular weight is 478 g/mol. The van der Waals surface area contributed by atoms with Crippen LogP contribution in [0.3, 0.4) is 0 Å². The minimum Gasteiger partial charge on any atom is -0.484 e. The molecule has 0 aliphatic carbocycles. The molecule has 0 fully saturated rings. The van der Waals surface area contributed by atoms with E-state index in [2.05, 4.69) is 10.0 Å². The number of carbonyl (C=O) groups excluding carboxylic acids is 1. The fourth-order valence-electron chi connectivity index (χ4n) is 3.08. The van der Waals surface area contributed by atoms with Gasteiger partial charge < -0.3 is 10.1 Å². The summed E-state index contributed by atoms with van der Waals surface area (Å²) in [5, 5.41) is 2.33. The third-order valence-corrected chi connectivity index (χ3v) is 5.85. The van der Waals surface area contributed by atoms with Crippen molar-refractivity contribution in [1.82, 2.24) is 0 Å². The molecule has 33 heavy (non-hydrogen) atoms. The second-order valence-corrected chi connectivity index (χ2v) is 9.05. The van der Waals surface area contributed by atoms with Gasteiger partial charge in [-0.15, -0.1) is 0 Å². The van der Waals surface area contributed by atoms with Crippen molar-refractivity contribution in [2.75, 3.05) is 16.6 Å². The lowest BCUT2D eigenvalue weighted by Gasteiger charge is -2.12. The number of hydrogen-bond donors (Lipinski definition) is 2. The summed E-state index contributed by atoms with van der Waals surface area (Å²) < 4.78 is 71.3. The van der Waals surface area contributed by atoms with Crippen molar-refractivity contribution in [3.8, 4) is 5.75 Å². The molecule has 0 aromatic heterocycles. The summed E-state index contributed by atoms with van der Waals surface area (Å²) >= 11 is 0. The van der Waals surface area contributed by atoms with Crippen LogP contribution in [0.4, 0.5) is 24.5 Å². The number of rotatable bonds is 7. The zero-order valence-corrected chi connectivity index (χ0v) is 18.5. The molecule has 0 spiro atoms. The molecule has 0 atom stereocenters.